The molecule has 1 unspecified atom stereocenters. The highest BCUT2D eigenvalue weighted by molar-refractivity contribution is 14.0. The number of thiazole rings is 1. The van der Waals surface area contributed by atoms with Gasteiger partial charge in [-0.25, -0.2) is 4.98 Å². The standard InChI is InChI=1S/C19H29N5S2.HI/c1-4-16-12-22-18(26-16)5-8-21-19(20-3)23-11-14(2)24-9-6-17-15(13-24)7-10-25-17;/h7,10,12,14H,4-6,8-9,11,13H2,1-3H3,(H2,20,21,23);1H. The number of aromatic nitrogens is 1. The van der Waals surface area contributed by atoms with Gasteiger partial charge >= 0.3 is 0 Å². The molecule has 1 aliphatic rings. The third-order valence-electron chi connectivity index (χ3n) is 4.83. The molecule has 3 heterocycles. The molecule has 0 spiro atoms. The van der Waals surface area contributed by atoms with E-state index >= 15 is 0 Å². The predicted octanol–water partition coefficient (Wildman–Crippen LogP) is 3.54. The van der Waals surface area contributed by atoms with Crippen molar-refractivity contribution in [3.05, 3.63) is 38.0 Å². The van der Waals surface area contributed by atoms with Crippen molar-refractivity contribution in [1.82, 2.24) is 20.5 Å². The molecule has 2 N–H and O–H groups in total. The zero-order valence-electron chi connectivity index (χ0n) is 16.3. The second-order valence-electron chi connectivity index (χ2n) is 6.64. The van der Waals surface area contributed by atoms with Crippen molar-refractivity contribution < 1.29 is 0 Å². The van der Waals surface area contributed by atoms with Crippen LogP contribution in [0.3, 0.4) is 0 Å². The molecule has 0 radical (unpaired) electrons. The molecule has 27 heavy (non-hydrogen) atoms. The summed E-state index contributed by atoms with van der Waals surface area (Å²) in [6, 6.07) is 2.75. The van der Waals surface area contributed by atoms with Gasteiger partial charge in [0.05, 0.1) is 5.01 Å². The summed E-state index contributed by atoms with van der Waals surface area (Å²) in [4.78, 5) is 14.3. The van der Waals surface area contributed by atoms with Crippen molar-refractivity contribution in [2.75, 3.05) is 26.7 Å². The first-order valence-corrected chi connectivity index (χ1v) is 11.1. The van der Waals surface area contributed by atoms with Crippen LogP contribution in [0.25, 0.3) is 0 Å². The Morgan fingerprint density at radius 2 is 2.26 bits per heavy atom. The Bertz CT molecular complexity index is 727. The highest BCUT2D eigenvalue weighted by Gasteiger charge is 2.21. The van der Waals surface area contributed by atoms with Gasteiger partial charge in [-0.1, -0.05) is 6.92 Å². The summed E-state index contributed by atoms with van der Waals surface area (Å²) in [5.41, 5.74) is 1.51. The van der Waals surface area contributed by atoms with E-state index < -0.39 is 0 Å². The fraction of sp³-hybridized carbons (Fsp3) is 0.579. The van der Waals surface area contributed by atoms with Crippen molar-refractivity contribution in [3.63, 3.8) is 0 Å². The van der Waals surface area contributed by atoms with Gasteiger partial charge in [0.15, 0.2) is 5.96 Å². The van der Waals surface area contributed by atoms with Crippen LogP contribution in [0.15, 0.2) is 22.6 Å². The largest absolute Gasteiger partial charge is 0.356 e. The lowest BCUT2D eigenvalue weighted by atomic mass is 10.1. The first kappa shape index (κ1) is 22.6. The van der Waals surface area contributed by atoms with E-state index in [1.165, 1.54) is 21.9 Å². The Morgan fingerprint density at radius 1 is 1.41 bits per heavy atom. The second kappa shape index (κ2) is 11.3. The zero-order chi connectivity index (χ0) is 18.4. The second-order valence-corrected chi connectivity index (χ2v) is 8.84. The van der Waals surface area contributed by atoms with Crippen molar-refractivity contribution in [2.24, 2.45) is 4.99 Å². The van der Waals surface area contributed by atoms with E-state index in [1.807, 2.05) is 35.9 Å². The average Bonchev–Trinajstić information content (AvgIpc) is 3.32. The van der Waals surface area contributed by atoms with E-state index in [0.29, 0.717) is 6.04 Å². The number of thiophene rings is 1. The van der Waals surface area contributed by atoms with Gasteiger partial charge in [0.1, 0.15) is 0 Å². The molecule has 0 fully saturated rings. The fourth-order valence-corrected chi connectivity index (χ4v) is 4.91. The number of nitrogens with one attached hydrogen (secondary N) is 2. The van der Waals surface area contributed by atoms with Gasteiger partial charge in [-0.2, -0.15) is 0 Å². The molecule has 0 bridgehead atoms. The molecule has 3 rings (SSSR count). The number of halogens is 1. The average molecular weight is 520 g/mol. The molecular weight excluding hydrogens is 489 g/mol. The molecule has 8 heteroatoms. The summed E-state index contributed by atoms with van der Waals surface area (Å²) >= 11 is 3.70. The minimum Gasteiger partial charge on any atom is -0.356 e. The molecule has 1 aliphatic heterocycles. The Labute approximate surface area is 187 Å². The summed E-state index contributed by atoms with van der Waals surface area (Å²) in [7, 11) is 1.83. The van der Waals surface area contributed by atoms with E-state index in [9.17, 15) is 0 Å². The topological polar surface area (TPSA) is 52.6 Å². The monoisotopic (exact) mass is 519 g/mol. The van der Waals surface area contributed by atoms with Gasteiger partial charge in [0, 0.05) is 61.6 Å². The number of nitrogens with zero attached hydrogens (tertiary/aromatic N) is 3. The van der Waals surface area contributed by atoms with E-state index in [0.717, 1.165) is 45.0 Å². The molecular formula is C19H30IN5S2. The van der Waals surface area contributed by atoms with E-state index in [1.54, 1.807) is 4.88 Å². The fourth-order valence-electron chi connectivity index (χ4n) is 3.16. The maximum Gasteiger partial charge on any atom is 0.191 e. The lowest BCUT2D eigenvalue weighted by molar-refractivity contribution is 0.192. The van der Waals surface area contributed by atoms with Crippen molar-refractivity contribution in [1.29, 1.82) is 0 Å². The highest BCUT2D eigenvalue weighted by atomic mass is 127. The van der Waals surface area contributed by atoms with E-state index in [2.05, 4.69) is 50.8 Å². The van der Waals surface area contributed by atoms with Crippen LogP contribution in [0.5, 0.6) is 0 Å². The van der Waals surface area contributed by atoms with Gasteiger partial charge in [0.2, 0.25) is 0 Å². The Hall–Kier alpha value is -0.710. The maximum atomic E-state index is 4.47. The number of rotatable bonds is 7. The van der Waals surface area contributed by atoms with Gasteiger partial charge in [0.25, 0.3) is 0 Å². The molecule has 0 aromatic carbocycles. The smallest absolute Gasteiger partial charge is 0.191 e. The van der Waals surface area contributed by atoms with Crippen LogP contribution >= 0.6 is 46.7 Å². The van der Waals surface area contributed by atoms with E-state index in [-0.39, 0.29) is 24.0 Å². The first-order valence-electron chi connectivity index (χ1n) is 9.37. The number of aliphatic imine (C=N–C) groups is 1. The molecule has 0 saturated carbocycles. The maximum absolute atomic E-state index is 4.47. The SMILES string of the molecule is CCc1cnc(CCNC(=NC)NCC(C)N2CCc3sccc3C2)s1.I. The van der Waals surface area contributed by atoms with E-state index in [4.69, 9.17) is 0 Å². The number of fused-ring (bicyclic) bond motifs is 1. The third-order valence-corrected chi connectivity index (χ3v) is 7.05. The molecule has 5 nitrogen and oxygen atoms in total. The van der Waals surface area contributed by atoms with Gasteiger partial charge in [-0.3, -0.25) is 9.89 Å². The predicted molar refractivity (Wildman–Crippen MR) is 128 cm³/mol. The van der Waals surface area contributed by atoms with Crippen LogP contribution in [-0.2, 0) is 25.8 Å². The van der Waals surface area contributed by atoms with Crippen molar-refractivity contribution in [3.8, 4) is 0 Å². The van der Waals surface area contributed by atoms with Crippen molar-refractivity contribution in [2.45, 2.75) is 45.7 Å². The van der Waals surface area contributed by atoms with Crippen LogP contribution < -0.4 is 10.6 Å². The molecule has 150 valence electrons. The van der Waals surface area contributed by atoms with Crippen LogP contribution in [0.1, 0.15) is 34.2 Å². The van der Waals surface area contributed by atoms with Crippen molar-refractivity contribution >= 4 is 52.6 Å². The molecule has 0 amide bonds. The van der Waals surface area contributed by atoms with Crippen LogP contribution in [0, 0.1) is 0 Å². The minimum atomic E-state index is 0. The Kier molecular flexibility index (Phi) is 9.47. The minimum absolute atomic E-state index is 0. The molecule has 0 aliphatic carbocycles. The zero-order valence-corrected chi connectivity index (χ0v) is 20.3. The molecule has 2 aromatic heterocycles. The van der Waals surface area contributed by atoms with Crippen LogP contribution in [-0.4, -0.2) is 48.6 Å². The Morgan fingerprint density at radius 3 is 3.00 bits per heavy atom. The van der Waals surface area contributed by atoms with Crippen LogP contribution in [0.4, 0.5) is 0 Å². The highest BCUT2D eigenvalue weighted by Crippen LogP contribution is 2.24. The van der Waals surface area contributed by atoms with Gasteiger partial charge < -0.3 is 10.6 Å². The molecule has 0 saturated heterocycles. The summed E-state index contributed by atoms with van der Waals surface area (Å²) in [6.45, 7) is 8.43. The first-order chi connectivity index (χ1) is 12.7. The third kappa shape index (κ3) is 6.40. The molecule has 1 atom stereocenters. The quantitative estimate of drug-likeness (QED) is 0.334. The Balaban J connectivity index is 0.00000261. The number of guanidine groups is 1. The summed E-state index contributed by atoms with van der Waals surface area (Å²) in [6.07, 6.45) is 5.17. The summed E-state index contributed by atoms with van der Waals surface area (Å²) in [5, 5.41) is 10.3. The van der Waals surface area contributed by atoms with Gasteiger partial charge in [-0.05, 0) is 36.8 Å². The number of hydrogen-bond donors (Lipinski definition) is 2. The lowest BCUT2D eigenvalue weighted by Gasteiger charge is -2.32. The number of hydrogen-bond acceptors (Lipinski definition) is 5. The normalized spacial score (nSPS) is 15.7. The summed E-state index contributed by atoms with van der Waals surface area (Å²) in [5.74, 6) is 0.873. The van der Waals surface area contributed by atoms with Gasteiger partial charge in [-0.15, -0.1) is 46.7 Å². The number of aryl methyl sites for hydroxylation is 1. The lowest BCUT2D eigenvalue weighted by Crippen LogP contribution is -2.47. The van der Waals surface area contributed by atoms with Crippen LogP contribution in [0.2, 0.25) is 0 Å². The summed E-state index contributed by atoms with van der Waals surface area (Å²) < 4.78 is 0. The molecule has 2 aromatic rings.